The van der Waals surface area contributed by atoms with E-state index in [1.807, 2.05) is 0 Å². The number of rotatable bonds is 7. The second-order valence-electron chi connectivity index (χ2n) is 7.10. The van der Waals surface area contributed by atoms with Crippen molar-refractivity contribution in [3.8, 4) is 17.3 Å². The van der Waals surface area contributed by atoms with Gasteiger partial charge >= 0.3 is 0 Å². The van der Waals surface area contributed by atoms with Crippen LogP contribution in [0.1, 0.15) is 35.5 Å². The highest BCUT2D eigenvalue weighted by atomic mass is 19.1. The summed E-state index contributed by atoms with van der Waals surface area (Å²) in [4.78, 5) is 20.3. The molecule has 0 fully saturated rings. The van der Waals surface area contributed by atoms with Crippen LogP contribution in [0.4, 0.5) is 4.39 Å². The third-order valence-electron chi connectivity index (χ3n) is 4.16. The first-order valence-corrected chi connectivity index (χ1v) is 8.88. The predicted octanol–water partition coefficient (Wildman–Crippen LogP) is 2.66. The number of nitrogens with one attached hydrogen (secondary N) is 1. The van der Waals surface area contributed by atoms with Crippen LogP contribution in [0.5, 0.6) is 5.88 Å². The maximum Gasteiger partial charge on any atom is 0.253 e. The van der Waals surface area contributed by atoms with E-state index in [1.165, 1.54) is 18.3 Å². The minimum Gasteiger partial charge on any atom is -0.473 e. The van der Waals surface area contributed by atoms with Gasteiger partial charge in [-0.3, -0.25) is 9.78 Å². The molecule has 0 radical (unpaired) electrons. The lowest BCUT2D eigenvalue weighted by Gasteiger charge is -2.23. The second kappa shape index (κ2) is 8.36. The summed E-state index contributed by atoms with van der Waals surface area (Å²) in [6, 6.07) is 5.95. The standard InChI is InChI=1S/C20H21FN4O4/c1-12-15(18(25-29-12)16-6-5-14(21)9-22-16)10-28-17-7-4-13(8-23-17)19(27)24-20(2,3)11-26/h4-9,26H,10-11H2,1-3H3,(H,24,27). The van der Waals surface area contributed by atoms with Crippen molar-refractivity contribution in [2.45, 2.75) is 32.9 Å². The molecular weight excluding hydrogens is 379 g/mol. The van der Waals surface area contributed by atoms with Crippen LogP contribution in [0.25, 0.3) is 11.4 Å². The maximum atomic E-state index is 13.1. The summed E-state index contributed by atoms with van der Waals surface area (Å²) in [5, 5.41) is 15.9. The topological polar surface area (TPSA) is 110 Å². The fraction of sp³-hybridized carbons (Fsp3) is 0.300. The lowest BCUT2D eigenvalue weighted by atomic mass is 10.1. The van der Waals surface area contributed by atoms with E-state index in [0.29, 0.717) is 34.2 Å². The van der Waals surface area contributed by atoms with Gasteiger partial charge in [-0.05, 0) is 39.0 Å². The van der Waals surface area contributed by atoms with Gasteiger partial charge in [0, 0.05) is 12.3 Å². The molecule has 0 unspecified atom stereocenters. The van der Waals surface area contributed by atoms with Gasteiger partial charge in [-0.25, -0.2) is 9.37 Å². The van der Waals surface area contributed by atoms with Crippen molar-refractivity contribution in [3.63, 3.8) is 0 Å². The Labute approximate surface area is 166 Å². The normalized spacial score (nSPS) is 11.3. The van der Waals surface area contributed by atoms with Crippen molar-refractivity contribution in [3.05, 3.63) is 59.4 Å². The Balaban J connectivity index is 1.69. The van der Waals surface area contributed by atoms with E-state index in [0.717, 1.165) is 6.20 Å². The van der Waals surface area contributed by atoms with Gasteiger partial charge in [-0.15, -0.1) is 0 Å². The average molecular weight is 400 g/mol. The van der Waals surface area contributed by atoms with Crippen LogP contribution >= 0.6 is 0 Å². The largest absolute Gasteiger partial charge is 0.473 e. The molecule has 3 aromatic heterocycles. The number of hydrogen-bond acceptors (Lipinski definition) is 7. The Morgan fingerprint density at radius 3 is 2.66 bits per heavy atom. The van der Waals surface area contributed by atoms with Crippen molar-refractivity contribution >= 4 is 5.91 Å². The van der Waals surface area contributed by atoms with Crippen LogP contribution in [0.2, 0.25) is 0 Å². The van der Waals surface area contributed by atoms with E-state index >= 15 is 0 Å². The van der Waals surface area contributed by atoms with Gasteiger partial charge in [0.2, 0.25) is 5.88 Å². The summed E-state index contributed by atoms with van der Waals surface area (Å²) < 4.78 is 24.0. The molecule has 0 aromatic carbocycles. The van der Waals surface area contributed by atoms with Crippen molar-refractivity contribution in [2.24, 2.45) is 0 Å². The summed E-state index contributed by atoms with van der Waals surface area (Å²) in [6.45, 7) is 5.09. The summed E-state index contributed by atoms with van der Waals surface area (Å²) in [5.74, 6) is 0.0695. The van der Waals surface area contributed by atoms with Gasteiger partial charge in [0.1, 0.15) is 23.9 Å². The molecule has 9 heteroatoms. The third kappa shape index (κ3) is 4.94. The number of hydrogen-bond donors (Lipinski definition) is 2. The number of nitrogens with zero attached hydrogens (tertiary/aromatic N) is 3. The van der Waals surface area contributed by atoms with E-state index in [9.17, 15) is 14.3 Å². The van der Waals surface area contributed by atoms with Gasteiger partial charge in [0.15, 0.2) is 0 Å². The van der Waals surface area contributed by atoms with Gasteiger partial charge in [0.25, 0.3) is 5.91 Å². The second-order valence-corrected chi connectivity index (χ2v) is 7.10. The van der Waals surface area contributed by atoms with E-state index < -0.39 is 11.4 Å². The van der Waals surface area contributed by atoms with Crippen LogP contribution in [0.15, 0.2) is 41.2 Å². The molecule has 0 aliphatic rings. The van der Waals surface area contributed by atoms with Crippen molar-refractivity contribution in [1.29, 1.82) is 0 Å². The molecule has 0 aliphatic carbocycles. The molecule has 0 saturated carbocycles. The number of ether oxygens (including phenoxy) is 1. The molecule has 3 aromatic rings. The van der Waals surface area contributed by atoms with Crippen LogP contribution in [0.3, 0.4) is 0 Å². The Hall–Kier alpha value is -3.33. The SMILES string of the molecule is Cc1onc(-c2ccc(F)cn2)c1COc1ccc(C(=O)NC(C)(C)CO)cn1. The Kier molecular flexibility index (Phi) is 5.88. The number of amides is 1. The summed E-state index contributed by atoms with van der Waals surface area (Å²) in [7, 11) is 0. The molecule has 152 valence electrons. The van der Waals surface area contributed by atoms with Crippen LogP contribution in [0, 0.1) is 12.7 Å². The molecular formula is C20H21FN4O4. The van der Waals surface area contributed by atoms with E-state index in [2.05, 4.69) is 20.4 Å². The average Bonchev–Trinajstić information content (AvgIpc) is 3.07. The number of pyridine rings is 2. The van der Waals surface area contributed by atoms with Gasteiger partial charge < -0.3 is 19.7 Å². The van der Waals surface area contributed by atoms with Crippen LogP contribution < -0.4 is 10.1 Å². The fourth-order valence-electron chi connectivity index (χ4n) is 2.44. The molecule has 0 atom stereocenters. The van der Waals surface area contributed by atoms with Crippen molar-refractivity contribution in [1.82, 2.24) is 20.4 Å². The van der Waals surface area contributed by atoms with Crippen LogP contribution in [-0.2, 0) is 6.61 Å². The third-order valence-corrected chi connectivity index (χ3v) is 4.16. The monoisotopic (exact) mass is 400 g/mol. The minimum absolute atomic E-state index is 0.111. The molecule has 0 spiro atoms. The smallest absolute Gasteiger partial charge is 0.253 e. The number of aryl methyl sites for hydroxylation is 1. The highest BCUT2D eigenvalue weighted by molar-refractivity contribution is 5.94. The van der Waals surface area contributed by atoms with Gasteiger partial charge in [-0.1, -0.05) is 5.16 Å². The van der Waals surface area contributed by atoms with E-state index in [-0.39, 0.29) is 19.1 Å². The summed E-state index contributed by atoms with van der Waals surface area (Å²) >= 11 is 0. The molecule has 29 heavy (non-hydrogen) atoms. The maximum absolute atomic E-state index is 13.1. The number of aliphatic hydroxyl groups is 1. The lowest BCUT2D eigenvalue weighted by molar-refractivity contribution is 0.0869. The zero-order valence-electron chi connectivity index (χ0n) is 16.3. The zero-order valence-corrected chi connectivity index (χ0v) is 16.3. The number of carbonyl (C=O) groups is 1. The van der Waals surface area contributed by atoms with Crippen LogP contribution in [-0.4, -0.2) is 38.3 Å². The molecule has 3 heterocycles. The summed E-state index contributed by atoms with van der Waals surface area (Å²) in [6.07, 6.45) is 2.49. The molecule has 0 saturated heterocycles. The Morgan fingerprint density at radius 1 is 1.24 bits per heavy atom. The molecule has 1 amide bonds. The lowest BCUT2D eigenvalue weighted by Crippen LogP contribution is -2.46. The summed E-state index contributed by atoms with van der Waals surface area (Å²) in [5.41, 5.74) is 1.20. The number of carbonyl (C=O) groups excluding carboxylic acids is 1. The van der Waals surface area contributed by atoms with Gasteiger partial charge in [0.05, 0.1) is 35.2 Å². The molecule has 3 rings (SSSR count). The van der Waals surface area contributed by atoms with Crippen molar-refractivity contribution in [2.75, 3.05) is 6.61 Å². The highest BCUT2D eigenvalue weighted by Gasteiger charge is 2.20. The predicted molar refractivity (Wildman–Crippen MR) is 102 cm³/mol. The minimum atomic E-state index is -0.733. The highest BCUT2D eigenvalue weighted by Crippen LogP contribution is 2.25. The quantitative estimate of drug-likeness (QED) is 0.627. The van der Waals surface area contributed by atoms with Crippen molar-refractivity contribution < 1.29 is 23.6 Å². The number of halogens is 1. The van der Waals surface area contributed by atoms with E-state index in [1.54, 1.807) is 32.9 Å². The van der Waals surface area contributed by atoms with Gasteiger partial charge in [-0.2, -0.15) is 0 Å². The zero-order chi connectivity index (χ0) is 21.0. The molecule has 0 bridgehead atoms. The first kappa shape index (κ1) is 20.4. The molecule has 8 nitrogen and oxygen atoms in total. The fourth-order valence-corrected chi connectivity index (χ4v) is 2.44. The van der Waals surface area contributed by atoms with E-state index in [4.69, 9.17) is 9.26 Å². The number of aromatic nitrogens is 3. The first-order valence-electron chi connectivity index (χ1n) is 8.88. The molecule has 2 N–H and O–H groups in total. The Bertz CT molecular complexity index is 985. The first-order chi connectivity index (χ1) is 13.8. The number of aliphatic hydroxyl groups excluding tert-OH is 1. The molecule has 0 aliphatic heterocycles. The Morgan fingerprint density at radius 2 is 2.03 bits per heavy atom.